The van der Waals surface area contributed by atoms with Gasteiger partial charge in [0.05, 0.1) is 23.9 Å². The Kier molecular flexibility index (Phi) is 5.20. The Morgan fingerprint density at radius 3 is 2.73 bits per heavy atom. The number of nitrogens with one attached hydrogen (secondary N) is 2. The SMILES string of the molecule is COc1cc(-c2csc3ncnc(N)c23)ccc1NC(=O)Nc1cc(C)ccc1F. The van der Waals surface area contributed by atoms with Gasteiger partial charge in [0, 0.05) is 10.9 Å². The summed E-state index contributed by atoms with van der Waals surface area (Å²) in [4.78, 5) is 21.5. The summed E-state index contributed by atoms with van der Waals surface area (Å²) in [6.07, 6.45) is 1.43. The van der Waals surface area contributed by atoms with Crippen molar-refractivity contribution in [2.24, 2.45) is 0 Å². The van der Waals surface area contributed by atoms with Crippen molar-refractivity contribution >= 4 is 44.8 Å². The predicted octanol–water partition coefficient (Wildman–Crippen LogP) is 5.04. The molecule has 9 heteroatoms. The number of hydrogen-bond acceptors (Lipinski definition) is 6. The lowest BCUT2D eigenvalue weighted by Crippen LogP contribution is -2.20. The topological polar surface area (TPSA) is 102 Å². The number of nitrogens with two attached hydrogens (primary N) is 1. The normalized spacial score (nSPS) is 10.8. The van der Waals surface area contributed by atoms with E-state index in [-0.39, 0.29) is 5.69 Å². The maximum absolute atomic E-state index is 13.9. The number of hydrogen-bond donors (Lipinski definition) is 3. The summed E-state index contributed by atoms with van der Waals surface area (Å²) in [5.41, 5.74) is 9.13. The average molecular weight is 423 g/mol. The fourth-order valence-corrected chi connectivity index (χ4v) is 4.01. The monoisotopic (exact) mass is 423 g/mol. The average Bonchev–Trinajstić information content (AvgIpc) is 3.16. The molecule has 7 nitrogen and oxygen atoms in total. The summed E-state index contributed by atoms with van der Waals surface area (Å²) in [6, 6.07) is 9.25. The first-order chi connectivity index (χ1) is 14.5. The Morgan fingerprint density at radius 1 is 1.13 bits per heavy atom. The Labute approximate surface area is 175 Å². The molecule has 152 valence electrons. The summed E-state index contributed by atoms with van der Waals surface area (Å²) < 4.78 is 19.3. The van der Waals surface area contributed by atoms with Crippen LogP contribution in [0.4, 0.5) is 26.4 Å². The molecule has 2 aromatic carbocycles. The van der Waals surface area contributed by atoms with Crippen LogP contribution in [0.2, 0.25) is 0 Å². The molecule has 2 heterocycles. The number of carbonyl (C=O) groups is 1. The number of halogens is 1. The fraction of sp³-hybridized carbons (Fsp3) is 0.0952. The number of anilines is 3. The number of benzene rings is 2. The van der Waals surface area contributed by atoms with Crippen LogP contribution in [0.1, 0.15) is 5.56 Å². The van der Waals surface area contributed by atoms with Crippen molar-refractivity contribution in [1.82, 2.24) is 9.97 Å². The summed E-state index contributed by atoms with van der Waals surface area (Å²) in [5.74, 6) is 0.335. The number of ether oxygens (including phenoxy) is 1. The van der Waals surface area contributed by atoms with Crippen LogP contribution >= 0.6 is 11.3 Å². The van der Waals surface area contributed by atoms with E-state index in [2.05, 4.69) is 20.6 Å². The molecule has 0 unspecified atom stereocenters. The maximum atomic E-state index is 13.9. The minimum Gasteiger partial charge on any atom is -0.495 e. The maximum Gasteiger partial charge on any atom is 0.323 e. The van der Waals surface area contributed by atoms with Gasteiger partial charge in [0.2, 0.25) is 0 Å². The number of aryl methyl sites for hydroxylation is 1. The molecule has 0 aliphatic rings. The molecule has 0 atom stereocenters. The lowest BCUT2D eigenvalue weighted by atomic mass is 10.0. The first-order valence-electron chi connectivity index (χ1n) is 8.96. The van der Waals surface area contributed by atoms with Crippen LogP contribution in [-0.2, 0) is 0 Å². The molecule has 4 rings (SSSR count). The summed E-state index contributed by atoms with van der Waals surface area (Å²) >= 11 is 1.47. The minimum atomic E-state index is -0.579. The van der Waals surface area contributed by atoms with Gasteiger partial charge >= 0.3 is 6.03 Å². The highest BCUT2D eigenvalue weighted by Crippen LogP contribution is 2.38. The molecule has 0 saturated heterocycles. The molecule has 0 aliphatic heterocycles. The number of nitrogens with zero attached hydrogens (tertiary/aromatic N) is 2. The molecular formula is C21H18FN5O2S. The number of aromatic nitrogens is 2. The Bertz CT molecular complexity index is 1260. The van der Waals surface area contributed by atoms with Crippen LogP contribution < -0.4 is 21.1 Å². The Morgan fingerprint density at radius 2 is 1.93 bits per heavy atom. The quantitative estimate of drug-likeness (QED) is 0.427. The zero-order valence-corrected chi connectivity index (χ0v) is 17.0. The lowest BCUT2D eigenvalue weighted by molar-refractivity contribution is 0.262. The second-order valence-corrected chi connectivity index (χ2v) is 7.42. The van der Waals surface area contributed by atoms with E-state index in [1.54, 1.807) is 24.3 Å². The van der Waals surface area contributed by atoms with Gasteiger partial charge in [-0.25, -0.2) is 19.2 Å². The van der Waals surface area contributed by atoms with Crippen LogP contribution in [0.5, 0.6) is 5.75 Å². The smallest absolute Gasteiger partial charge is 0.323 e. The molecule has 0 aliphatic carbocycles. The number of thiophene rings is 1. The van der Waals surface area contributed by atoms with Crippen molar-refractivity contribution < 1.29 is 13.9 Å². The zero-order valence-electron chi connectivity index (χ0n) is 16.2. The second kappa shape index (κ2) is 7.96. The van der Waals surface area contributed by atoms with Crippen LogP contribution in [0.25, 0.3) is 21.3 Å². The molecule has 4 N–H and O–H groups in total. The first kappa shape index (κ1) is 19.6. The second-order valence-electron chi connectivity index (χ2n) is 6.57. The van der Waals surface area contributed by atoms with E-state index in [1.165, 1.54) is 30.8 Å². The molecule has 0 fully saturated rings. The van der Waals surface area contributed by atoms with Crippen LogP contribution in [0.3, 0.4) is 0 Å². The summed E-state index contributed by atoms with van der Waals surface area (Å²) in [5, 5.41) is 7.93. The van der Waals surface area contributed by atoms with E-state index in [0.29, 0.717) is 17.3 Å². The van der Waals surface area contributed by atoms with E-state index in [1.807, 2.05) is 18.4 Å². The number of nitrogen functional groups attached to an aromatic ring is 1. The number of amides is 2. The van der Waals surface area contributed by atoms with Gasteiger partial charge in [0.1, 0.15) is 28.5 Å². The third-order valence-corrected chi connectivity index (χ3v) is 5.42. The van der Waals surface area contributed by atoms with Crippen molar-refractivity contribution in [3.05, 3.63) is 59.5 Å². The summed E-state index contributed by atoms with van der Waals surface area (Å²) in [7, 11) is 1.51. The number of rotatable bonds is 4. The van der Waals surface area contributed by atoms with Gasteiger partial charge in [0.15, 0.2) is 0 Å². The molecule has 2 amide bonds. The van der Waals surface area contributed by atoms with Crippen LogP contribution in [0.15, 0.2) is 48.1 Å². The Balaban J connectivity index is 1.61. The Hall–Kier alpha value is -3.72. The number of urea groups is 1. The van der Waals surface area contributed by atoms with E-state index < -0.39 is 11.8 Å². The highest BCUT2D eigenvalue weighted by atomic mass is 32.1. The largest absolute Gasteiger partial charge is 0.495 e. The van der Waals surface area contributed by atoms with Gasteiger partial charge in [-0.3, -0.25) is 0 Å². The fourth-order valence-electron chi connectivity index (χ4n) is 3.08. The van der Waals surface area contributed by atoms with E-state index in [0.717, 1.165) is 26.9 Å². The van der Waals surface area contributed by atoms with E-state index in [9.17, 15) is 9.18 Å². The number of carbonyl (C=O) groups excluding carboxylic acids is 1. The highest BCUT2D eigenvalue weighted by molar-refractivity contribution is 7.17. The molecule has 0 radical (unpaired) electrons. The van der Waals surface area contributed by atoms with Gasteiger partial charge in [-0.15, -0.1) is 11.3 Å². The molecule has 0 bridgehead atoms. The molecule has 0 saturated carbocycles. The minimum absolute atomic E-state index is 0.100. The molecule has 4 aromatic rings. The van der Waals surface area contributed by atoms with Crippen molar-refractivity contribution in [1.29, 1.82) is 0 Å². The zero-order chi connectivity index (χ0) is 21.3. The lowest BCUT2D eigenvalue weighted by Gasteiger charge is -2.13. The summed E-state index contributed by atoms with van der Waals surface area (Å²) in [6.45, 7) is 1.82. The van der Waals surface area contributed by atoms with E-state index >= 15 is 0 Å². The molecule has 0 spiro atoms. The van der Waals surface area contributed by atoms with Crippen molar-refractivity contribution in [3.8, 4) is 16.9 Å². The first-order valence-corrected chi connectivity index (χ1v) is 9.84. The highest BCUT2D eigenvalue weighted by Gasteiger charge is 2.15. The molecular weight excluding hydrogens is 405 g/mol. The third-order valence-electron chi connectivity index (χ3n) is 4.53. The van der Waals surface area contributed by atoms with Gasteiger partial charge in [0.25, 0.3) is 0 Å². The van der Waals surface area contributed by atoms with Gasteiger partial charge in [-0.05, 0) is 42.3 Å². The number of fused-ring (bicyclic) bond motifs is 1. The van der Waals surface area contributed by atoms with Crippen molar-refractivity contribution in [2.45, 2.75) is 6.92 Å². The van der Waals surface area contributed by atoms with Gasteiger partial charge in [-0.2, -0.15) is 0 Å². The predicted molar refractivity (Wildman–Crippen MR) is 118 cm³/mol. The number of methoxy groups -OCH3 is 1. The van der Waals surface area contributed by atoms with Gasteiger partial charge < -0.3 is 21.1 Å². The molecule has 30 heavy (non-hydrogen) atoms. The van der Waals surface area contributed by atoms with Crippen molar-refractivity contribution in [3.63, 3.8) is 0 Å². The van der Waals surface area contributed by atoms with Gasteiger partial charge in [-0.1, -0.05) is 12.1 Å². The van der Waals surface area contributed by atoms with Crippen molar-refractivity contribution in [2.75, 3.05) is 23.5 Å². The van der Waals surface area contributed by atoms with Crippen LogP contribution in [0, 0.1) is 12.7 Å². The third kappa shape index (κ3) is 3.74. The van der Waals surface area contributed by atoms with E-state index in [4.69, 9.17) is 10.5 Å². The van der Waals surface area contributed by atoms with Crippen LogP contribution in [-0.4, -0.2) is 23.1 Å². The standard InChI is InChI=1S/C21H18FN5O2S/c1-11-3-5-14(22)16(7-11)27-21(28)26-15-6-4-12(8-17(15)29-2)13-9-30-20-18(13)19(23)24-10-25-20/h3-10H,1-2H3,(H2,23,24,25)(H2,26,27,28). The molecule has 2 aromatic heterocycles.